The van der Waals surface area contributed by atoms with Gasteiger partial charge in [-0.25, -0.2) is 4.39 Å². The maximum absolute atomic E-state index is 13.5. The van der Waals surface area contributed by atoms with E-state index in [4.69, 9.17) is 5.11 Å². The van der Waals surface area contributed by atoms with Crippen molar-refractivity contribution in [1.29, 1.82) is 0 Å². The van der Waals surface area contributed by atoms with Gasteiger partial charge < -0.3 is 10.2 Å². The topological polar surface area (TPSA) is 40.5 Å². The number of thioether (sulfide) groups is 1. The number of aliphatic hydroxyl groups excluding tert-OH is 2. The smallest absolute Gasteiger partial charge is 0.130 e. The fraction of sp³-hybridized carbons (Fsp3) is 0.500. The van der Waals surface area contributed by atoms with Crippen LogP contribution in [0.15, 0.2) is 23.1 Å². The monoisotopic (exact) mass is 244 g/mol. The van der Waals surface area contributed by atoms with Gasteiger partial charge in [0.2, 0.25) is 0 Å². The van der Waals surface area contributed by atoms with Crippen LogP contribution in [-0.4, -0.2) is 22.6 Å². The second-order valence-electron chi connectivity index (χ2n) is 3.93. The van der Waals surface area contributed by atoms with Crippen molar-refractivity contribution in [3.8, 4) is 0 Å². The lowest BCUT2D eigenvalue weighted by molar-refractivity contribution is 0.191. The summed E-state index contributed by atoms with van der Waals surface area (Å²) < 4.78 is 13.5. The third-order valence-corrected chi connectivity index (χ3v) is 3.67. The molecule has 0 saturated carbocycles. The first-order valence-electron chi connectivity index (χ1n) is 5.26. The molecule has 4 heteroatoms. The van der Waals surface area contributed by atoms with E-state index in [1.54, 1.807) is 19.1 Å². The summed E-state index contributed by atoms with van der Waals surface area (Å²) >= 11 is 1.46. The number of rotatable bonds is 5. The molecule has 0 radical (unpaired) electrons. The van der Waals surface area contributed by atoms with Crippen LogP contribution in [0.25, 0.3) is 0 Å². The van der Waals surface area contributed by atoms with Crippen LogP contribution in [0.4, 0.5) is 4.39 Å². The molecule has 90 valence electrons. The Morgan fingerprint density at radius 1 is 1.38 bits per heavy atom. The van der Waals surface area contributed by atoms with Gasteiger partial charge in [0.15, 0.2) is 0 Å². The van der Waals surface area contributed by atoms with Crippen LogP contribution >= 0.6 is 11.8 Å². The largest absolute Gasteiger partial charge is 0.396 e. The number of halogens is 1. The van der Waals surface area contributed by atoms with Gasteiger partial charge in [-0.15, -0.1) is 11.8 Å². The molecule has 0 aromatic heterocycles. The molecule has 0 fully saturated rings. The van der Waals surface area contributed by atoms with Gasteiger partial charge in [0.05, 0.1) is 6.10 Å². The third kappa shape index (κ3) is 3.47. The van der Waals surface area contributed by atoms with Crippen LogP contribution in [0.2, 0.25) is 0 Å². The highest BCUT2D eigenvalue weighted by Crippen LogP contribution is 2.30. The molecule has 0 amide bonds. The van der Waals surface area contributed by atoms with Crippen molar-refractivity contribution >= 4 is 11.8 Å². The van der Waals surface area contributed by atoms with E-state index in [1.165, 1.54) is 17.8 Å². The highest BCUT2D eigenvalue weighted by atomic mass is 32.2. The summed E-state index contributed by atoms with van der Waals surface area (Å²) in [5.41, 5.74) is 0.345. The van der Waals surface area contributed by atoms with E-state index in [-0.39, 0.29) is 18.3 Å². The van der Waals surface area contributed by atoms with E-state index in [2.05, 4.69) is 0 Å². The molecule has 2 nitrogen and oxygen atoms in total. The normalized spacial score (nSPS) is 14.8. The van der Waals surface area contributed by atoms with Crippen molar-refractivity contribution in [3.63, 3.8) is 0 Å². The lowest BCUT2D eigenvalue weighted by Gasteiger charge is -2.14. The predicted molar refractivity (Wildman–Crippen MR) is 64.0 cm³/mol. The minimum Gasteiger partial charge on any atom is -0.396 e. The average Bonchev–Trinajstić information content (AvgIpc) is 2.25. The van der Waals surface area contributed by atoms with Gasteiger partial charge in [0.25, 0.3) is 0 Å². The van der Waals surface area contributed by atoms with Crippen molar-refractivity contribution in [2.75, 3.05) is 12.4 Å². The van der Waals surface area contributed by atoms with Crippen molar-refractivity contribution in [1.82, 2.24) is 0 Å². The summed E-state index contributed by atoms with van der Waals surface area (Å²) in [5.74, 6) is 0.492. The fourth-order valence-electron chi connectivity index (χ4n) is 1.33. The first-order valence-corrected chi connectivity index (χ1v) is 6.25. The minimum absolute atomic E-state index is 0.117. The van der Waals surface area contributed by atoms with Crippen molar-refractivity contribution in [2.45, 2.75) is 24.8 Å². The molecule has 1 rings (SSSR count). The van der Waals surface area contributed by atoms with Crippen LogP contribution in [-0.2, 0) is 0 Å². The van der Waals surface area contributed by atoms with Crippen LogP contribution in [0, 0.1) is 11.7 Å². The molecule has 0 bridgehead atoms. The van der Waals surface area contributed by atoms with E-state index in [0.29, 0.717) is 11.3 Å². The summed E-state index contributed by atoms with van der Waals surface area (Å²) in [6.07, 6.45) is -0.812. The second-order valence-corrected chi connectivity index (χ2v) is 4.99. The third-order valence-electron chi connectivity index (χ3n) is 2.27. The maximum atomic E-state index is 13.5. The zero-order chi connectivity index (χ0) is 12.1. The molecular formula is C12H17FO2S. The zero-order valence-corrected chi connectivity index (χ0v) is 10.3. The number of benzene rings is 1. The first-order chi connectivity index (χ1) is 7.56. The summed E-state index contributed by atoms with van der Waals surface area (Å²) in [4.78, 5) is 0.746. The van der Waals surface area contributed by atoms with E-state index in [1.807, 2.05) is 6.92 Å². The van der Waals surface area contributed by atoms with E-state index < -0.39 is 6.10 Å². The SMILES string of the molecule is CC(CO)CSc1cccc(F)c1C(C)O. The zero-order valence-electron chi connectivity index (χ0n) is 9.48. The molecule has 2 unspecified atom stereocenters. The minimum atomic E-state index is -0.812. The summed E-state index contributed by atoms with van der Waals surface area (Å²) in [6, 6.07) is 4.77. The summed E-state index contributed by atoms with van der Waals surface area (Å²) in [5, 5.41) is 18.4. The lowest BCUT2D eigenvalue weighted by atomic mass is 10.1. The van der Waals surface area contributed by atoms with E-state index in [0.717, 1.165) is 4.90 Å². The Hall–Kier alpha value is -0.580. The van der Waals surface area contributed by atoms with Crippen molar-refractivity contribution in [2.24, 2.45) is 5.92 Å². The van der Waals surface area contributed by atoms with E-state index >= 15 is 0 Å². The molecule has 0 aliphatic rings. The van der Waals surface area contributed by atoms with Gasteiger partial charge in [-0.05, 0) is 25.0 Å². The Morgan fingerprint density at radius 3 is 2.62 bits per heavy atom. The van der Waals surface area contributed by atoms with Crippen LogP contribution in [0.5, 0.6) is 0 Å². The molecule has 1 aromatic carbocycles. The highest BCUT2D eigenvalue weighted by molar-refractivity contribution is 7.99. The predicted octanol–water partition coefficient (Wildman–Crippen LogP) is 2.60. The number of hydrogen-bond donors (Lipinski definition) is 2. The van der Waals surface area contributed by atoms with Crippen LogP contribution < -0.4 is 0 Å². The quantitative estimate of drug-likeness (QED) is 0.782. The van der Waals surface area contributed by atoms with Gasteiger partial charge in [-0.1, -0.05) is 13.0 Å². The number of aliphatic hydroxyl groups is 2. The van der Waals surface area contributed by atoms with Gasteiger partial charge in [-0.3, -0.25) is 0 Å². The Labute approximate surface area is 99.5 Å². The lowest BCUT2D eigenvalue weighted by Crippen LogP contribution is -2.05. The fourth-order valence-corrected chi connectivity index (χ4v) is 2.50. The van der Waals surface area contributed by atoms with Gasteiger partial charge in [-0.2, -0.15) is 0 Å². The molecular weight excluding hydrogens is 227 g/mol. The van der Waals surface area contributed by atoms with Crippen LogP contribution in [0.1, 0.15) is 25.5 Å². The molecule has 0 saturated heterocycles. The first kappa shape index (κ1) is 13.5. The molecule has 0 aliphatic heterocycles. The van der Waals surface area contributed by atoms with Crippen molar-refractivity contribution in [3.05, 3.63) is 29.6 Å². The van der Waals surface area contributed by atoms with Crippen LogP contribution in [0.3, 0.4) is 0 Å². The molecule has 2 atom stereocenters. The molecule has 16 heavy (non-hydrogen) atoms. The van der Waals surface area contributed by atoms with Crippen molar-refractivity contribution < 1.29 is 14.6 Å². The van der Waals surface area contributed by atoms with Gasteiger partial charge in [0, 0.05) is 22.8 Å². The second kappa shape index (κ2) is 6.23. The average molecular weight is 244 g/mol. The molecule has 0 heterocycles. The van der Waals surface area contributed by atoms with E-state index in [9.17, 15) is 9.50 Å². The maximum Gasteiger partial charge on any atom is 0.130 e. The Kier molecular flexibility index (Phi) is 5.25. The standard InChI is InChI=1S/C12H17FO2S/c1-8(6-14)7-16-11-5-3-4-10(13)12(11)9(2)15/h3-5,8-9,14-15H,6-7H2,1-2H3. The Balaban J connectivity index is 2.83. The molecule has 2 N–H and O–H groups in total. The molecule has 0 aliphatic carbocycles. The molecule has 1 aromatic rings. The van der Waals surface area contributed by atoms with Gasteiger partial charge >= 0.3 is 0 Å². The summed E-state index contributed by atoms with van der Waals surface area (Å²) in [6.45, 7) is 3.60. The Morgan fingerprint density at radius 2 is 2.06 bits per heavy atom. The highest BCUT2D eigenvalue weighted by Gasteiger charge is 2.14. The number of hydrogen-bond acceptors (Lipinski definition) is 3. The molecule has 0 spiro atoms. The Bertz CT molecular complexity index is 342. The van der Waals surface area contributed by atoms with Gasteiger partial charge in [0.1, 0.15) is 5.82 Å². The summed E-state index contributed by atoms with van der Waals surface area (Å²) in [7, 11) is 0.